The van der Waals surface area contributed by atoms with Crippen LogP contribution >= 0.6 is 17.1 Å². The van der Waals surface area contributed by atoms with Crippen LogP contribution in [0, 0.1) is 0 Å². The van der Waals surface area contributed by atoms with Crippen molar-refractivity contribution in [1.29, 1.82) is 0 Å². The fraction of sp³-hybridized carbons (Fsp3) is 1.00. The number of hydrogen-bond donors (Lipinski definition) is 0. The Hall–Kier alpha value is 1.92. The molecule has 92 valence electrons. The normalized spacial score (nSPS) is 16.4. The Morgan fingerprint density at radius 3 is 1.94 bits per heavy atom. The number of hydrogen-bond acceptors (Lipinski definition) is 4. The van der Waals surface area contributed by atoms with Gasteiger partial charge in [-0.25, -0.2) is 0 Å². The first-order valence-corrected chi connectivity index (χ1v) is 9.32. The molecule has 6 heteroatoms. The van der Waals surface area contributed by atoms with Crippen molar-refractivity contribution in [1.82, 2.24) is 0 Å². The molecule has 0 N–H and O–H groups in total. The van der Waals surface area contributed by atoms with Gasteiger partial charge < -0.3 is 9.42 Å². The van der Waals surface area contributed by atoms with Crippen LogP contribution in [0.15, 0.2) is 0 Å². The second kappa shape index (κ2) is 7.49. The Kier molecular flexibility index (Phi) is 9.48. The van der Waals surface area contributed by atoms with E-state index in [1.54, 1.807) is 0 Å². The molecule has 0 fully saturated rings. The first-order valence-electron chi connectivity index (χ1n) is 5.26. The molecule has 0 radical (unpaired) electrons. The van der Waals surface area contributed by atoms with Crippen LogP contribution in [0.25, 0.3) is 0 Å². The third-order valence-electron chi connectivity index (χ3n) is 2.42. The van der Waals surface area contributed by atoms with E-state index in [0.717, 1.165) is 12.8 Å². The van der Waals surface area contributed by atoms with Crippen LogP contribution in [0.5, 0.6) is 0 Å². The van der Waals surface area contributed by atoms with E-state index in [9.17, 15) is 4.89 Å². The second-order valence-electron chi connectivity index (χ2n) is 4.86. The van der Waals surface area contributed by atoms with E-state index in [4.69, 9.17) is 16.3 Å². The minimum atomic E-state index is -2.97. The monoisotopic (exact) mass is 292 g/mol. The second-order valence-corrected chi connectivity index (χ2v) is 11.3. The SMILES string of the molecule is CCC(C)(C)OP([O-])(=S)SC(C)(C)CC.[Na+]. The Morgan fingerprint density at radius 2 is 1.62 bits per heavy atom. The van der Waals surface area contributed by atoms with Gasteiger partial charge in [0.2, 0.25) is 0 Å². The molecular formula is C10H22NaO2PS2. The van der Waals surface area contributed by atoms with Gasteiger partial charge in [-0.3, -0.25) is 0 Å². The summed E-state index contributed by atoms with van der Waals surface area (Å²) in [7, 11) is 0. The Morgan fingerprint density at radius 1 is 1.19 bits per heavy atom. The predicted molar refractivity (Wildman–Crippen MR) is 71.7 cm³/mol. The van der Waals surface area contributed by atoms with Gasteiger partial charge in [-0.1, -0.05) is 39.5 Å². The molecule has 0 aliphatic heterocycles. The van der Waals surface area contributed by atoms with Crippen molar-refractivity contribution < 1.29 is 39.0 Å². The van der Waals surface area contributed by atoms with Crippen molar-refractivity contribution >= 4 is 28.9 Å². The molecule has 0 saturated heterocycles. The first kappa shape index (κ1) is 20.2. The summed E-state index contributed by atoms with van der Waals surface area (Å²) in [6, 6.07) is 0. The summed E-state index contributed by atoms with van der Waals surface area (Å²) >= 11 is 6.36. The predicted octanol–water partition coefficient (Wildman–Crippen LogP) is 0.702. The standard InChI is InChI=1S/C10H23O2PS2.Na/c1-7-9(3,4)12-13(11,14)15-10(5,6)8-2;/h7-8H2,1-6H3,(H,11,14);/q;+1/p-1. The molecule has 0 bridgehead atoms. The average Bonchev–Trinajstić information content (AvgIpc) is 2.00. The molecule has 0 aliphatic carbocycles. The maximum absolute atomic E-state index is 12.1. The molecule has 1 atom stereocenters. The fourth-order valence-electron chi connectivity index (χ4n) is 0.753. The zero-order valence-corrected chi connectivity index (χ0v) is 16.0. The van der Waals surface area contributed by atoms with E-state index in [1.807, 2.05) is 34.6 Å². The molecule has 2 nitrogen and oxygen atoms in total. The van der Waals surface area contributed by atoms with Crippen LogP contribution in [-0.4, -0.2) is 10.3 Å². The molecule has 16 heavy (non-hydrogen) atoms. The molecule has 0 aromatic carbocycles. The summed E-state index contributed by atoms with van der Waals surface area (Å²) in [4.78, 5) is 12.1. The zero-order valence-electron chi connectivity index (χ0n) is 11.5. The quantitative estimate of drug-likeness (QED) is 0.533. The molecule has 0 heterocycles. The topological polar surface area (TPSA) is 32.3 Å². The van der Waals surface area contributed by atoms with Gasteiger partial charge in [-0.05, 0) is 26.7 Å². The van der Waals surface area contributed by atoms with E-state index in [-0.39, 0.29) is 34.3 Å². The summed E-state index contributed by atoms with van der Waals surface area (Å²) < 4.78 is 5.46. The van der Waals surface area contributed by atoms with E-state index < -0.39 is 11.3 Å². The maximum atomic E-state index is 12.1. The molecule has 1 unspecified atom stereocenters. The minimum Gasteiger partial charge on any atom is -0.793 e. The van der Waals surface area contributed by atoms with Crippen LogP contribution in [-0.2, 0) is 16.3 Å². The van der Waals surface area contributed by atoms with Crippen molar-refractivity contribution in [3.63, 3.8) is 0 Å². The summed E-state index contributed by atoms with van der Waals surface area (Å²) in [6.45, 7) is 12.0. The van der Waals surface area contributed by atoms with Gasteiger partial charge in [0.1, 0.15) is 0 Å². The van der Waals surface area contributed by atoms with E-state index in [2.05, 4.69) is 6.92 Å². The summed E-state index contributed by atoms with van der Waals surface area (Å²) in [5.41, 5.74) is -3.36. The maximum Gasteiger partial charge on any atom is 1.00 e. The summed E-state index contributed by atoms with van der Waals surface area (Å²) in [5.74, 6) is 0. The molecular weight excluding hydrogens is 270 g/mol. The molecule has 0 spiro atoms. The average molecular weight is 292 g/mol. The Balaban J connectivity index is 0. The smallest absolute Gasteiger partial charge is 0.793 e. The van der Waals surface area contributed by atoms with Crippen LogP contribution < -0.4 is 34.5 Å². The summed E-state index contributed by atoms with van der Waals surface area (Å²) in [6.07, 6.45) is 1.73. The van der Waals surface area contributed by atoms with Gasteiger partial charge in [-0.2, -0.15) is 0 Å². The molecule has 0 aromatic rings. The summed E-state index contributed by atoms with van der Waals surface area (Å²) in [5, 5.41) is 0. The minimum absolute atomic E-state index is 0. The van der Waals surface area contributed by atoms with Crippen molar-refractivity contribution in [3.8, 4) is 0 Å². The van der Waals surface area contributed by atoms with E-state index in [1.165, 1.54) is 11.4 Å². The number of rotatable bonds is 6. The van der Waals surface area contributed by atoms with Gasteiger partial charge in [0.25, 0.3) is 0 Å². The zero-order chi connectivity index (χ0) is 12.3. The van der Waals surface area contributed by atoms with Gasteiger partial charge in [0.15, 0.2) is 0 Å². The van der Waals surface area contributed by atoms with Gasteiger partial charge in [0, 0.05) is 10.4 Å². The molecule has 0 aliphatic rings. The van der Waals surface area contributed by atoms with Crippen molar-refractivity contribution in [2.45, 2.75) is 64.7 Å². The van der Waals surface area contributed by atoms with Crippen molar-refractivity contribution in [2.75, 3.05) is 0 Å². The van der Waals surface area contributed by atoms with Gasteiger partial charge >= 0.3 is 29.6 Å². The van der Waals surface area contributed by atoms with Crippen LogP contribution in [0.1, 0.15) is 54.4 Å². The first-order chi connectivity index (χ1) is 6.54. The molecule has 0 saturated carbocycles. The van der Waals surface area contributed by atoms with Gasteiger partial charge in [-0.15, -0.1) is 11.4 Å². The fourth-order valence-corrected chi connectivity index (χ4v) is 7.60. The third kappa shape index (κ3) is 8.93. The molecule has 0 amide bonds. The van der Waals surface area contributed by atoms with Crippen LogP contribution in [0.4, 0.5) is 0 Å². The largest absolute Gasteiger partial charge is 1.00 e. The Labute approximate surface area is 132 Å². The van der Waals surface area contributed by atoms with Crippen molar-refractivity contribution in [3.05, 3.63) is 0 Å². The van der Waals surface area contributed by atoms with Crippen LogP contribution in [0.3, 0.4) is 0 Å². The molecule has 0 aromatic heterocycles. The Bertz CT molecular complexity index is 235. The molecule has 0 rings (SSSR count). The van der Waals surface area contributed by atoms with Crippen molar-refractivity contribution in [2.24, 2.45) is 0 Å². The van der Waals surface area contributed by atoms with Crippen LogP contribution in [0.2, 0.25) is 0 Å². The van der Waals surface area contributed by atoms with E-state index >= 15 is 0 Å². The van der Waals surface area contributed by atoms with Gasteiger partial charge in [0.05, 0.1) is 5.60 Å². The third-order valence-corrected chi connectivity index (χ3v) is 7.42. The van der Waals surface area contributed by atoms with E-state index in [0.29, 0.717) is 0 Å².